The number of hydrogen-bond acceptors (Lipinski definition) is 5. The summed E-state index contributed by atoms with van der Waals surface area (Å²) in [5, 5.41) is 12.1. The minimum Gasteiger partial charge on any atom is -0.489 e. The van der Waals surface area contributed by atoms with Crippen molar-refractivity contribution in [3.05, 3.63) is 24.0 Å². The highest BCUT2D eigenvalue weighted by atomic mass is 16.5. The van der Waals surface area contributed by atoms with Crippen molar-refractivity contribution in [1.29, 1.82) is 0 Å². The number of ether oxygens (including phenoxy) is 2. The average molecular weight is 336 g/mol. The van der Waals surface area contributed by atoms with Gasteiger partial charge in [0.05, 0.1) is 12.0 Å². The van der Waals surface area contributed by atoms with Gasteiger partial charge in [-0.25, -0.2) is 4.98 Å². The molecule has 1 aliphatic rings. The van der Waals surface area contributed by atoms with Gasteiger partial charge in [0.2, 0.25) is 0 Å². The van der Waals surface area contributed by atoms with E-state index in [1.54, 1.807) is 12.1 Å². The molecule has 2 rings (SSSR count). The molecule has 1 aromatic heterocycles. The largest absolute Gasteiger partial charge is 0.489 e. The number of pyridine rings is 1. The lowest BCUT2D eigenvalue weighted by atomic mass is 9.86. The van der Waals surface area contributed by atoms with Gasteiger partial charge in [0.25, 0.3) is 5.91 Å². The van der Waals surface area contributed by atoms with Gasteiger partial charge in [-0.3, -0.25) is 9.59 Å². The van der Waals surface area contributed by atoms with Crippen LogP contribution in [-0.2, 0) is 9.53 Å². The van der Waals surface area contributed by atoms with Crippen LogP contribution in [-0.4, -0.2) is 47.8 Å². The first-order valence-corrected chi connectivity index (χ1v) is 8.19. The number of aromatic nitrogens is 1. The highest BCUT2D eigenvalue weighted by molar-refractivity contribution is 5.95. The molecule has 2 N–H and O–H groups in total. The Balaban J connectivity index is 2.02. The first-order chi connectivity index (χ1) is 11.5. The summed E-state index contributed by atoms with van der Waals surface area (Å²) in [5.41, 5.74) is 0.169. The van der Waals surface area contributed by atoms with Gasteiger partial charge in [0, 0.05) is 26.0 Å². The van der Waals surface area contributed by atoms with E-state index >= 15 is 0 Å². The Morgan fingerprint density at radius 1 is 1.42 bits per heavy atom. The number of amides is 1. The normalized spacial score (nSPS) is 16.6. The van der Waals surface area contributed by atoms with E-state index < -0.39 is 17.8 Å². The number of carbonyl (C=O) groups is 2. The zero-order valence-corrected chi connectivity index (χ0v) is 14.0. The van der Waals surface area contributed by atoms with Crippen molar-refractivity contribution in [2.45, 2.75) is 32.8 Å². The Labute approximate surface area is 141 Å². The van der Waals surface area contributed by atoms with Crippen LogP contribution in [0.3, 0.4) is 0 Å². The van der Waals surface area contributed by atoms with Crippen LogP contribution >= 0.6 is 0 Å². The molecule has 7 heteroatoms. The maximum absolute atomic E-state index is 12.4. The monoisotopic (exact) mass is 336 g/mol. The molecule has 1 aliphatic heterocycles. The first kappa shape index (κ1) is 18.2. The smallest absolute Gasteiger partial charge is 0.308 e. The molecule has 1 fully saturated rings. The van der Waals surface area contributed by atoms with Gasteiger partial charge >= 0.3 is 5.97 Å². The summed E-state index contributed by atoms with van der Waals surface area (Å²) in [6, 6.07) is 3.37. The number of aliphatic carboxylic acids is 1. The first-order valence-electron chi connectivity index (χ1n) is 8.19. The van der Waals surface area contributed by atoms with E-state index in [-0.39, 0.29) is 24.3 Å². The SMILES string of the molecule is CC(C)Oc1cccnc1C(=O)NCC(C(=O)O)C1CCOCC1. The minimum atomic E-state index is -0.901. The van der Waals surface area contributed by atoms with E-state index in [4.69, 9.17) is 9.47 Å². The topological polar surface area (TPSA) is 97.8 Å². The Morgan fingerprint density at radius 3 is 2.75 bits per heavy atom. The maximum atomic E-state index is 12.4. The molecule has 0 bridgehead atoms. The van der Waals surface area contributed by atoms with Crippen LogP contribution < -0.4 is 10.1 Å². The fraction of sp³-hybridized carbons (Fsp3) is 0.588. The molecule has 1 amide bonds. The van der Waals surface area contributed by atoms with Crippen LogP contribution in [0, 0.1) is 11.8 Å². The highest BCUT2D eigenvalue weighted by Gasteiger charge is 2.30. The van der Waals surface area contributed by atoms with Crippen LogP contribution in [0.4, 0.5) is 0 Å². The number of nitrogens with zero attached hydrogens (tertiary/aromatic N) is 1. The zero-order valence-electron chi connectivity index (χ0n) is 14.0. The molecule has 24 heavy (non-hydrogen) atoms. The predicted octanol–water partition coefficient (Wildman–Crippen LogP) is 1.73. The minimum absolute atomic E-state index is 0.00617. The molecule has 0 saturated carbocycles. The molecule has 0 aromatic carbocycles. The van der Waals surface area contributed by atoms with Crippen molar-refractivity contribution in [2.75, 3.05) is 19.8 Å². The molecule has 2 heterocycles. The van der Waals surface area contributed by atoms with Gasteiger partial charge < -0.3 is 19.9 Å². The Bertz CT molecular complexity index is 570. The van der Waals surface area contributed by atoms with Crippen LogP contribution in [0.2, 0.25) is 0 Å². The quantitative estimate of drug-likeness (QED) is 0.787. The average Bonchev–Trinajstić information content (AvgIpc) is 2.55. The van der Waals surface area contributed by atoms with Gasteiger partial charge in [0.1, 0.15) is 0 Å². The van der Waals surface area contributed by atoms with Crippen LogP contribution in [0.15, 0.2) is 18.3 Å². The number of carboxylic acids is 1. The molecular weight excluding hydrogens is 312 g/mol. The van der Waals surface area contributed by atoms with Crippen LogP contribution in [0.1, 0.15) is 37.2 Å². The van der Waals surface area contributed by atoms with Gasteiger partial charge in [-0.15, -0.1) is 0 Å². The van der Waals surface area contributed by atoms with Crippen molar-refractivity contribution >= 4 is 11.9 Å². The van der Waals surface area contributed by atoms with E-state index in [1.165, 1.54) is 6.20 Å². The summed E-state index contributed by atoms with van der Waals surface area (Å²) in [6.45, 7) is 4.92. The lowest BCUT2D eigenvalue weighted by molar-refractivity contribution is -0.144. The van der Waals surface area contributed by atoms with Gasteiger partial charge in [-0.1, -0.05) is 0 Å². The van der Waals surface area contributed by atoms with Crippen molar-refractivity contribution in [3.63, 3.8) is 0 Å². The van der Waals surface area contributed by atoms with Crippen molar-refractivity contribution in [1.82, 2.24) is 10.3 Å². The second-order valence-electron chi connectivity index (χ2n) is 6.12. The third-order valence-electron chi connectivity index (χ3n) is 3.98. The zero-order chi connectivity index (χ0) is 17.5. The van der Waals surface area contributed by atoms with E-state index in [9.17, 15) is 14.7 Å². The van der Waals surface area contributed by atoms with Crippen LogP contribution in [0.5, 0.6) is 5.75 Å². The third kappa shape index (κ3) is 4.92. The predicted molar refractivity (Wildman–Crippen MR) is 87.0 cm³/mol. The molecule has 1 unspecified atom stereocenters. The van der Waals surface area contributed by atoms with Gasteiger partial charge in [-0.05, 0) is 44.7 Å². The second-order valence-corrected chi connectivity index (χ2v) is 6.12. The van der Waals surface area contributed by atoms with Gasteiger partial charge in [-0.2, -0.15) is 0 Å². The maximum Gasteiger partial charge on any atom is 0.308 e. The number of nitrogens with one attached hydrogen (secondary N) is 1. The fourth-order valence-corrected chi connectivity index (χ4v) is 2.77. The van der Waals surface area contributed by atoms with Crippen molar-refractivity contribution in [2.24, 2.45) is 11.8 Å². The summed E-state index contributed by atoms with van der Waals surface area (Å²) in [5.74, 6) is -1.56. The molecular formula is C17H24N2O5. The summed E-state index contributed by atoms with van der Waals surface area (Å²) in [4.78, 5) is 28.0. The lowest BCUT2D eigenvalue weighted by Crippen LogP contribution is -2.39. The Hall–Kier alpha value is -2.15. The summed E-state index contributed by atoms with van der Waals surface area (Å²) >= 11 is 0. The summed E-state index contributed by atoms with van der Waals surface area (Å²) in [7, 11) is 0. The standard InChI is InChI=1S/C17H24N2O5/c1-11(2)24-14-4-3-7-18-15(14)16(20)19-10-13(17(21)22)12-5-8-23-9-6-12/h3-4,7,11-13H,5-6,8-10H2,1-2H3,(H,19,20)(H,21,22). The van der Waals surface area contributed by atoms with Crippen molar-refractivity contribution < 1.29 is 24.2 Å². The van der Waals surface area contributed by atoms with E-state index in [0.717, 1.165) is 0 Å². The molecule has 0 aliphatic carbocycles. The fourth-order valence-electron chi connectivity index (χ4n) is 2.77. The lowest BCUT2D eigenvalue weighted by Gasteiger charge is -2.27. The van der Waals surface area contributed by atoms with E-state index in [0.29, 0.717) is 31.8 Å². The Morgan fingerprint density at radius 2 is 2.12 bits per heavy atom. The number of rotatable bonds is 7. The van der Waals surface area contributed by atoms with E-state index in [2.05, 4.69) is 10.3 Å². The van der Waals surface area contributed by atoms with Crippen LogP contribution in [0.25, 0.3) is 0 Å². The molecule has 1 atom stereocenters. The molecule has 7 nitrogen and oxygen atoms in total. The van der Waals surface area contributed by atoms with Gasteiger partial charge in [0.15, 0.2) is 11.4 Å². The van der Waals surface area contributed by atoms with E-state index in [1.807, 2.05) is 13.8 Å². The number of carbonyl (C=O) groups excluding carboxylic acids is 1. The summed E-state index contributed by atoms with van der Waals surface area (Å²) in [6.07, 6.45) is 2.81. The molecule has 132 valence electrons. The molecule has 1 saturated heterocycles. The second kappa shape index (κ2) is 8.63. The number of carboxylic acid groups (broad SMARTS) is 1. The third-order valence-corrected chi connectivity index (χ3v) is 3.98. The highest BCUT2D eigenvalue weighted by Crippen LogP contribution is 2.24. The van der Waals surface area contributed by atoms with Crippen molar-refractivity contribution in [3.8, 4) is 5.75 Å². The summed E-state index contributed by atoms with van der Waals surface area (Å²) < 4.78 is 10.9. The molecule has 0 spiro atoms. The number of hydrogen-bond donors (Lipinski definition) is 2. The Kier molecular flexibility index (Phi) is 6.54. The molecule has 0 radical (unpaired) electrons. The molecule has 1 aromatic rings.